The first kappa shape index (κ1) is 26.7. The maximum absolute atomic E-state index is 13.3. The Labute approximate surface area is 219 Å². The van der Waals surface area contributed by atoms with Gasteiger partial charge in [0.15, 0.2) is 0 Å². The predicted molar refractivity (Wildman–Crippen MR) is 134 cm³/mol. The third-order valence-electron chi connectivity index (χ3n) is 5.40. The molecule has 0 saturated heterocycles. The van der Waals surface area contributed by atoms with Crippen molar-refractivity contribution in [2.75, 3.05) is 7.11 Å². The average Bonchev–Trinajstić information content (AvgIpc) is 2.92. The summed E-state index contributed by atoms with van der Waals surface area (Å²) in [6.45, 7) is 0. The first-order valence-corrected chi connectivity index (χ1v) is 12.3. The third kappa shape index (κ3) is 5.50. The molecule has 0 saturated carbocycles. The van der Waals surface area contributed by atoms with E-state index in [0.29, 0.717) is 0 Å². The van der Waals surface area contributed by atoms with Gasteiger partial charge in [0.05, 0.1) is 22.5 Å². The molecule has 4 rings (SSSR count). The molecule has 4 aromatic rings. The minimum absolute atomic E-state index is 0.0152. The van der Waals surface area contributed by atoms with Crippen LogP contribution in [0.3, 0.4) is 0 Å². The molecule has 0 aliphatic rings. The number of methoxy groups -OCH3 is 1. The largest absolute Gasteiger partial charge is 0.495 e. The van der Waals surface area contributed by atoms with Crippen LogP contribution in [-0.4, -0.2) is 48.4 Å². The van der Waals surface area contributed by atoms with E-state index in [1.54, 1.807) is 6.07 Å². The quantitative estimate of drug-likeness (QED) is 0.141. The maximum Gasteiger partial charge on any atom is 0.347 e. The van der Waals surface area contributed by atoms with Crippen LogP contribution in [0.5, 0.6) is 11.5 Å². The molecule has 0 unspecified atom stereocenters. The smallest absolute Gasteiger partial charge is 0.347 e. The minimum Gasteiger partial charge on any atom is -0.495 e. The number of carboxylic acids is 1. The summed E-state index contributed by atoms with van der Waals surface area (Å²) in [6, 6.07) is 13.7. The molecule has 1 heterocycles. The standard InChI is InChI=1S/C25H17N3O10S/c1-37-22-18-5-3-2-4-17(18)21(13-19(22)25(32)38-16-8-6-15(7-9-16)28(33)34)39(35,36)27-23(29)20-12-14(24(30)31)10-11-26-20/h2-13H,1H3,(H,27,29)(H,30,31). The van der Waals surface area contributed by atoms with Crippen LogP contribution in [0.4, 0.5) is 5.69 Å². The van der Waals surface area contributed by atoms with E-state index in [0.717, 1.165) is 36.5 Å². The van der Waals surface area contributed by atoms with Crippen LogP contribution in [0.15, 0.2) is 77.8 Å². The molecular weight excluding hydrogens is 534 g/mol. The number of aromatic carboxylic acids is 1. The molecule has 0 radical (unpaired) electrons. The second-order valence-electron chi connectivity index (χ2n) is 7.81. The number of hydrogen-bond acceptors (Lipinski definition) is 10. The molecule has 0 atom stereocenters. The van der Waals surface area contributed by atoms with Gasteiger partial charge in [0.1, 0.15) is 22.8 Å². The maximum atomic E-state index is 13.3. The van der Waals surface area contributed by atoms with E-state index in [1.165, 1.54) is 37.4 Å². The SMILES string of the molecule is COc1c(C(=O)Oc2ccc([N+](=O)[O-])cc2)cc(S(=O)(=O)NC(=O)c2cc(C(=O)O)ccn2)c2ccccc12. The van der Waals surface area contributed by atoms with Crippen LogP contribution in [-0.2, 0) is 10.0 Å². The van der Waals surface area contributed by atoms with Gasteiger partial charge in [-0.05, 0) is 30.3 Å². The number of nitrogens with zero attached hydrogens (tertiary/aromatic N) is 2. The number of amides is 1. The number of nitro groups is 1. The monoisotopic (exact) mass is 551 g/mol. The summed E-state index contributed by atoms with van der Waals surface area (Å²) in [7, 11) is -3.40. The highest BCUT2D eigenvalue weighted by Crippen LogP contribution is 2.35. The lowest BCUT2D eigenvalue weighted by Gasteiger charge is -2.16. The van der Waals surface area contributed by atoms with Gasteiger partial charge in [-0.15, -0.1) is 0 Å². The number of pyridine rings is 1. The number of aromatic nitrogens is 1. The van der Waals surface area contributed by atoms with Crippen molar-refractivity contribution < 1.29 is 42.3 Å². The van der Waals surface area contributed by atoms with Crippen molar-refractivity contribution in [3.8, 4) is 11.5 Å². The molecule has 13 nitrogen and oxygen atoms in total. The molecule has 0 aliphatic carbocycles. The Balaban J connectivity index is 1.76. The van der Waals surface area contributed by atoms with E-state index in [9.17, 15) is 32.9 Å². The van der Waals surface area contributed by atoms with Crippen molar-refractivity contribution in [3.63, 3.8) is 0 Å². The van der Waals surface area contributed by atoms with E-state index in [4.69, 9.17) is 14.6 Å². The van der Waals surface area contributed by atoms with Gasteiger partial charge in [0.25, 0.3) is 21.6 Å². The number of rotatable bonds is 8. The zero-order chi connectivity index (χ0) is 28.3. The zero-order valence-electron chi connectivity index (χ0n) is 19.9. The topological polar surface area (TPSA) is 192 Å². The lowest BCUT2D eigenvalue weighted by atomic mass is 10.0. The van der Waals surface area contributed by atoms with E-state index in [1.807, 2.05) is 4.72 Å². The molecule has 0 spiro atoms. The zero-order valence-corrected chi connectivity index (χ0v) is 20.7. The number of fused-ring (bicyclic) bond motifs is 1. The number of nitrogens with one attached hydrogen (secondary N) is 1. The van der Waals surface area contributed by atoms with Crippen LogP contribution in [0.2, 0.25) is 0 Å². The summed E-state index contributed by atoms with van der Waals surface area (Å²) in [5.41, 5.74) is -1.29. The van der Waals surface area contributed by atoms with Gasteiger partial charge in [-0.3, -0.25) is 19.9 Å². The summed E-state index contributed by atoms with van der Waals surface area (Å²) in [5.74, 6) is -3.65. The van der Waals surface area contributed by atoms with Crippen molar-refractivity contribution in [2.24, 2.45) is 0 Å². The van der Waals surface area contributed by atoms with Crippen LogP contribution in [0, 0.1) is 10.1 Å². The van der Waals surface area contributed by atoms with Crippen LogP contribution < -0.4 is 14.2 Å². The lowest BCUT2D eigenvalue weighted by Crippen LogP contribution is -2.31. The summed E-state index contributed by atoms with van der Waals surface area (Å²) in [6.07, 6.45) is 1.04. The number of carboxylic acid groups (broad SMARTS) is 1. The van der Waals surface area contributed by atoms with Gasteiger partial charge in [-0.1, -0.05) is 24.3 Å². The molecule has 3 aromatic carbocycles. The summed E-state index contributed by atoms with van der Waals surface area (Å²) >= 11 is 0. The van der Waals surface area contributed by atoms with Gasteiger partial charge in [-0.25, -0.2) is 22.7 Å². The molecule has 2 N–H and O–H groups in total. The van der Waals surface area contributed by atoms with Crippen molar-refractivity contribution in [2.45, 2.75) is 4.90 Å². The van der Waals surface area contributed by atoms with E-state index >= 15 is 0 Å². The minimum atomic E-state index is -4.66. The second-order valence-corrected chi connectivity index (χ2v) is 9.46. The van der Waals surface area contributed by atoms with Gasteiger partial charge >= 0.3 is 11.9 Å². The Morgan fingerprint density at radius 3 is 2.28 bits per heavy atom. The van der Waals surface area contributed by atoms with E-state index < -0.39 is 43.4 Å². The Morgan fingerprint density at radius 2 is 1.67 bits per heavy atom. The average molecular weight is 551 g/mol. The number of carbonyl (C=O) groups excluding carboxylic acids is 2. The highest BCUT2D eigenvalue weighted by molar-refractivity contribution is 7.90. The molecule has 39 heavy (non-hydrogen) atoms. The number of carbonyl (C=O) groups is 3. The molecule has 1 aromatic heterocycles. The number of esters is 1. The predicted octanol–water partition coefficient (Wildman–Crippen LogP) is 3.19. The molecule has 198 valence electrons. The Kier molecular flexibility index (Phi) is 7.22. The van der Waals surface area contributed by atoms with Gasteiger partial charge in [-0.2, -0.15) is 0 Å². The van der Waals surface area contributed by atoms with Crippen molar-refractivity contribution in [1.29, 1.82) is 0 Å². The van der Waals surface area contributed by atoms with Crippen molar-refractivity contribution in [1.82, 2.24) is 9.71 Å². The van der Waals surface area contributed by atoms with E-state index in [-0.39, 0.29) is 39.1 Å². The summed E-state index contributed by atoms with van der Waals surface area (Å²) < 4.78 is 39.2. The Bertz CT molecular complexity index is 1750. The lowest BCUT2D eigenvalue weighted by molar-refractivity contribution is -0.384. The number of ether oxygens (including phenoxy) is 2. The fourth-order valence-corrected chi connectivity index (χ4v) is 4.82. The number of hydrogen-bond donors (Lipinski definition) is 2. The number of non-ortho nitro benzene ring substituents is 1. The third-order valence-corrected chi connectivity index (χ3v) is 6.77. The molecule has 0 fully saturated rings. The first-order chi connectivity index (χ1) is 18.5. The Hall–Kier alpha value is -5.37. The summed E-state index contributed by atoms with van der Waals surface area (Å²) in [4.78, 5) is 50.5. The second kappa shape index (κ2) is 10.5. The van der Waals surface area contributed by atoms with E-state index in [2.05, 4.69) is 4.98 Å². The van der Waals surface area contributed by atoms with Crippen LogP contribution in [0.25, 0.3) is 10.8 Å². The summed E-state index contributed by atoms with van der Waals surface area (Å²) in [5, 5.41) is 20.3. The van der Waals surface area contributed by atoms with Crippen LogP contribution >= 0.6 is 0 Å². The number of benzene rings is 3. The van der Waals surface area contributed by atoms with Gasteiger partial charge in [0.2, 0.25) is 0 Å². The number of sulfonamides is 1. The highest BCUT2D eigenvalue weighted by Gasteiger charge is 2.28. The van der Waals surface area contributed by atoms with Crippen LogP contribution in [0.1, 0.15) is 31.2 Å². The molecular formula is C25H17N3O10S. The fourth-order valence-electron chi connectivity index (χ4n) is 3.62. The highest BCUT2D eigenvalue weighted by atomic mass is 32.2. The molecule has 1 amide bonds. The molecule has 0 bridgehead atoms. The number of nitro benzene ring substituents is 1. The molecule has 14 heteroatoms. The Morgan fingerprint density at radius 1 is 1.00 bits per heavy atom. The first-order valence-electron chi connectivity index (χ1n) is 10.8. The van der Waals surface area contributed by atoms with Crippen molar-refractivity contribution in [3.05, 3.63) is 99.9 Å². The van der Waals surface area contributed by atoms with Gasteiger partial charge in [0, 0.05) is 29.1 Å². The molecule has 0 aliphatic heterocycles. The van der Waals surface area contributed by atoms with Gasteiger partial charge < -0.3 is 14.6 Å². The normalized spacial score (nSPS) is 11.0. The fraction of sp³-hybridized carbons (Fsp3) is 0.0400. The van der Waals surface area contributed by atoms with Crippen molar-refractivity contribution >= 4 is 44.3 Å².